The molecule has 0 bridgehead atoms. The van der Waals surface area contributed by atoms with E-state index in [4.69, 9.17) is 14.5 Å². The van der Waals surface area contributed by atoms with Crippen molar-refractivity contribution in [3.05, 3.63) is 45.1 Å². The second-order valence-electron chi connectivity index (χ2n) is 8.15. The molecule has 1 saturated heterocycles. The first-order valence-corrected chi connectivity index (χ1v) is 13.1. The Bertz CT molecular complexity index is 1110. The Hall–Kier alpha value is -1.83. The number of hydrogen-bond acceptors (Lipinski definition) is 6. The zero-order chi connectivity index (χ0) is 21.2. The average Bonchev–Trinajstić information content (AvgIpc) is 3.18. The lowest BCUT2D eigenvalue weighted by Gasteiger charge is -2.22. The maximum atomic E-state index is 13.8. The Balaban J connectivity index is 1.58. The minimum atomic E-state index is 0.0561. The van der Waals surface area contributed by atoms with Crippen LogP contribution in [0.4, 0.5) is 0 Å². The van der Waals surface area contributed by atoms with Gasteiger partial charge in [-0.05, 0) is 81.7 Å². The number of aromatic nitrogens is 2. The summed E-state index contributed by atoms with van der Waals surface area (Å²) in [7, 11) is 0. The van der Waals surface area contributed by atoms with Gasteiger partial charge in [0.15, 0.2) is 5.16 Å². The van der Waals surface area contributed by atoms with E-state index in [1.165, 1.54) is 23.3 Å². The van der Waals surface area contributed by atoms with Crippen molar-refractivity contribution < 1.29 is 9.47 Å². The highest BCUT2D eigenvalue weighted by molar-refractivity contribution is 7.99. The largest absolute Gasteiger partial charge is 0.494 e. The maximum absolute atomic E-state index is 13.8. The molecule has 5 rings (SSSR count). The van der Waals surface area contributed by atoms with Gasteiger partial charge < -0.3 is 9.47 Å². The number of thioether (sulfide) groups is 1. The predicted octanol–water partition coefficient (Wildman–Crippen LogP) is 5.39. The normalized spacial score (nSPS) is 18.8. The summed E-state index contributed by atoms with van der Waals surface area (Å²) < 4.78 is 13.3. The van der Waals surface area contributed by atoms with E-state index in [9.17, 15) is 4.79 Å². The summed E-state index contributed by atoms with van der Waals surface area (Å²) in [4.78, 5) is 21.1. The van der Waals surface area contributed by atoms with Crippen LogP contribution >= 0.6 is 23.1 Å². The van der Waals surface area contributed by atoms with Crippen LogP contribution in [0.1, 0.15) is 49.5 Å². The van der Waals surface area contributed by atoms with Crippen molar-refractivity contribution in [2.45, 2.75) is 63.1 Å². The van der Waals surface area contributed by atoms with Gasteiger partial charge in [0.05, 0.1) is 23.8 Å². The maximum Gasteiger partial charge on any atom is 0.267 e. The van der Waals surface area contributed by atoms with Crippen LogP contribution < -0.4 is 10.3 Å². The first-order valence-electron chi connectivity index (χ1n) is 11.3. The molecule has 0 amide bonds. The van der Waals surface area contributed by atoms with E-state index in [-0.39, 0.29) is 11.7 Å². The molecule has 0 N–H and O–H groups in total. The molecule has 0 spiro atoms. The minimum Gasteiger partial charge on any atom is -0.494 e. The Kier molecular flexibility index (Phi) is 6.34. The van der Waals surface area contributed by atoms with Crippen molar-refractivity contribution in [2.24, 2.45) is 0 Å². The molecule has 0 radical (unpaired) electrons. The van der Waals surface area contributed by atoms with Crippen molar-refractivity contribution >= 4 is 33.3 Å². The van der Waals surface area contributed by atoms with E-state index < -0.39 is 0 Å². The van der Waals surface area contributed by atoms with Crippen LogP contribution in [0.2, 0.25) is 0 Å². The van der Waals surface area contributed by atoms with Crippen LogP contribution in [-0.2, 0) is 17.6 Å². The quantitative estimate of drug-likeness (QED) is 0.368. The van der Waals surface area contributed by atoms with Crippen LogP contribution in [0.15, 0.2) is 34.2 Å². The lowest BCUT2D eigenvalue weighted by Crippen LogP contribution is -2.24. The predicted molar refractivity (Wildman–Crippen MR) is 127 cm³/mol. The summed E-state index contributed by atoms with van der Waals surface area (Å²) >= 11 is 3.35. The Labute approximate surface area is 190 Å². The van der Waals surface area contributed by atoms with Gasteiger partial charge in [-0.25, -0.2) is 4.98 Å². The number of ether oxygens (including phenoxy) is 2. The number of benzene rings is 1. The van der Waals surface area contributed by atoms with Gasteiger partial charge in [-0.3, -0.25) is 9.36 Å². The molecule has 1 fully saturated rings. The summed E-state index contributed by atoms with van der Waals surface area (Å²) in [5, 5.41) is 1.58. The van der Waals surface area contributed by atoms with Gasteiger partial charge in [-0.1, -0.05) is 11.8 Å². The Morgan fingerprint density at radius 1 is 1.19 bits per heavy atom. The fourth-order valence-electron chi connectivity index (χ4n) is 4.48. The minimum absolute atomic E-state index is 0.0561. The van der Waals surface area contributed by atoms with Crippen LogP contribution in [0.5, 0.6) is 5.75 Å². The SMILES string of the molecule is CCOc1ccc(-n2c(SCC3CCCCO3)nc3sc4c(c3c2=O)CCCC4)cc1. The molecule has 1 atom stereocenters. The van der Waals surface area contributed by atoms with Crippen LogP contribution in [0.3, 0.4) is 0 Å². The number of nitrogens with zero attached hydrogens (tertiary/aromatic N) is 2. The lowest BCUT2D eigenvalue weighted by atomic mass is 9.97. The molecule has 2 aromatic heterocycles. The Morgan fingerprint density at radius 2 is 2.03 bits per heavy atom. The summed E-state index contributed by atoms with van der Waals surface area (Å²) in [6, 6.07) is 7.77. The molecule has 5 nitrogen and oxygen atoms in total. The van der Waals surface area contributed by atoms with E-state index in [2.05, 4.69) is 0 Å². The van der Waals surface area contributed by atoms with Crippen molar-refractivity contribution in [2.75, 3.05) is 19.0 Å². The highest BCUT2D eigenvalue weighted by Gasteiger charge is 2.24. The molecule has 7 heteroatoms. The number of thiophene rings is 1. The molecular weight excluding hydrogens is 428 g/mol. The van der Waals surface area contributed by atoms with Gasteiger partial charge in [0.25, 0.3) is 5.56 Å². The number of rotatable bonds is 6. The second kappa shape index (κ2) is 9.35. The van der Waals surface area contributed by atoms with Crippen LogP contribution in [-0.4, -0.2) is 34.6 Å². The summed E-state index contributed by atoms with van der Waals surface area (Å²) in [6.45, 7) is 3.43. The number of aryl methyl sites for hydroxylation is 2. The molecule has 0 saturated carbocycles. The van der Waals surface area contributed by atoms with Gasteiger partial charge in [-0.2, -0.15) is 0 Å². The van der Waals surface area contributed by atoms with Gasteiger partial charge in [0, 0.05) is 17.2 Å². The third-order valence-electron chi connectivity index (χ3n) is 6.04. The second-order valence-corrected chi connectivity index (χ2v) is 10.2. The van der Waals surface area contributed by atoms with Crippen molar-refractivity contribution in [1.82, 2.24) is 9.55 Å². The van der Waals surface area contributed by atoms with E-state index in [0.29, 0.717) is 6.61 Å². The monoisotopic (exact) mass is 456 g/mol. The molecule has 1 aliphatic carbocycles. The molecule has 3 heterocycles. The lowest BCUT2D eigenvalue weighted by molar-refractivity contribution is 0.0315. The summed E-state index contributed by atoms with van der Waals surface area (Å²) in [5.74, 6) is 1.63. The zero-order valence-corrected chi connectivity index (χ0v) is 19.5. The molecule has 31 heavy (non-hydrogen) atoms. The highest BCUT2D eigenvalue weighted by Crippen LogP contribution is 2.35. The van der Waals surface area contributed by atoms with E-state index in [1.54, 1.807) is 27.7 Å². The van der Waals surface area contributed by atoms with Gasteiger partial charge in [0.1, 0.15) is 10.6 Å². The standard InChI is InChI=1S/C24H28N2O3S2/c1-2-28-17-12-10-16(11-13-17)26-23(27)21-19-8-3-4-9-20(19)31-22(21)25-24(26)30-15-18-7-5-6-14-29-18/h10-13,18H,2-9,14-15H2,1H3. The smallest absolute Gasteiger partial charge is 0.267 e. The fraction of sp³-hybridized carbons (Fsp3) is 0.500. The van der Waals surface area contributed by atoms with Crippen LogP contribution in [0.25, 0.3) is 15.9 Å². The first kappa shape index (κ1) is 21.0. The molecule has 1 unspecified atom stereocenters. The van der Waals surface area contributed by atoms with Crippen molar-refractivity contribution in [1.29, 1.82) is 0 Å². The molecule has 1 aliphatic heterocycles. The average molecular weight is 457 g/mol. The molecule has 2 aliphatic rings. The van der Waals surface area contributed by atoms with Crippen molar-refractivity contribution in [3.8, 4) is 11.4 Å². The summed E-state index contributed by atoms with van der Waals surface area (Å²) in [6.07, 6.45) is 8.07. The van der Waals surface area contributed by atoms with E-state index >= 15 is 0 Å². The topological polar surface area (TPSA) is 53.4 Å². The third kappa shape index (κ3) is 4.28. The molecule has 1 aromatic carbocycles. The Morgan fingerprint density at radius 3 is 2.81 bits per heavy atom. The van der Waals surface area contributed by atoms with Gasteiger partial charge >= 0.3 is 0 Å². The molecular formula is C24H28N2O3S2. The highest BCUT2D eigenvalue weighted by atomic mass is 32.2. The fourth-order valence-corrected chi connectivity index (χ4v) is 6.86. The molecule has 3 aromatic rings. The van der Waals surface area contributed by atoms with E-state index in [0.717, 1.165) is 71.3 Å². The van der Waals surface area contributed by atoms with Crippen molar-refractivity contribution in [3.63, 3.8) is 0 Å². The number of hydrogen-bond donors (Lipinski definition) is 0. The van der Waals surface area contributed by atoms with Gasteiger partial charge in [-0.15, -0.1) is 11.3 Å². The van der Waals surface area contributed by atoms with Gasteiger partial charge in [0.2, 0.25) is 0 Å². The molecule has 164 valence electrons. The number of fused-ring (bicyclic) bond motifs is 3. The third-order valence-corrected chi connectivity index (χ3v) is 8.29. The summed E-state index contributed by atoms with van der Waals surface area (Å²) in [5.41, 5.74) is 2.13. The van der Waals surface area contributed by atoms with Crippen LogP contribution in [0, 0.1) is 0 Å². The first-order chi connectivity index (χ1) is 15.2. The van der Waals surface area contributed by atoms with E-state index in [1.807, 2.05) is 31.2 Å². The zero-order valence-electron chi connectivity index (χ0n) is 17.9.